The standard InChI is InChI=1S/C22H33NO3/c1-13-6-5-7-22(4)10-20-16(9-18(13)22)17(21(25)26-20)12-23-11-14(2)19(24)8-15(23)3/h14-18,20H,1,5-12H2,2-4H3/t14-,15-,16+,17+,18-,20+,22+/m0/s1. The summed E-state index contributed by atoms with van der Waals surface area (Å²) in [5.74, 6) is 1.23. The molecule has 4 rings (SSSR count). The number of ketones is 1. The highest BCUT2D eigenvalue weighted by atomic mass is 16.6. The van der Waals surface area contributed by atoms with Crippen molar-refractivity contribution in [1.82, 2.24) is 4.90 Å². The number of fused-ring (bicyclic) bond motifs is 2. The van der Waals surface area contributed by atoms with Crippen molar-refractivity contribution in [1.29, 1.82) is 0 Å². The zero-order valence-electron chi connectivity index (χ0n) is 16.5. The van der Waals surface area contributed by atoms with Crippen molar-refractivity contribution < 1.29 is 14.3 Å². The lowest BCUT2D eigenvalue weighted by molar-refractivity contribution is -0.146. The zero-order chi connectivity index (χ0) is 18.6. The summed E-state index contributed by atoms with van der Waals surface area (Å²) in [7, 11) is 0. The number of piperidine rings is 1. The Morgan fingerprint density at radius 2 is 2.08 bits per heavy atom. The number of esters is 1. The Morgan fingerprint density at radius 3 is 2.85 bits per heavy atom. The van der Waals surface area contributed by atoms with E-state index in [0.717, 1.165) is 32.4 Å². The van der Waals surface area contributed by atoms with Crippen LogP contribution in [-0.2, 0) is 14.3 Å². The number of hydrogen-bond donors (Lipinski definition) is 0. The van der Waals surface area contributed by atoms with Crippen molar-refractivity contribution >= 4 is 11.8 Å². The van der Waals surface area contributed by atoms with E-state index in [4.69, 9.17) is 4.74 Å². The van der Waals surface area contributed by atoms with E-state index >= 15 is 0 Å². The van der Waals surface area contributed by atoms with E-state index in [-0.39, 0.29) is 35.4 Å². The molecule has 2 heterocycles. The highest BCUT2D eigenvalue weighted by molar-refractivity contribution is 5.82. The van der Waals surface area contributed by atoms with E-state index in [2.05, 4.69) is 25.3 Å². The number of allylic oxidation sites excluding steroid dienone is 1. The summed E-state index contributed by atoms with van der Waals surface area (Å²) in [5, 5.41) is 0. The Morgan fingerprint density at radius 1 is 1.31 bits per heavy atom. The Labute approximate surface area is 157 Å². The summed E-state index contributed by atoms with van der Waals surface area (Å²) in [5.41, 5.74) is 1.64. The van der Waals surface area contributed by atoms with Crippen molar-refractivity contribution in [3.05, 3.63) is 12.2 Å². The topological polar surface area (TPSA) is 46.6 Å². The number of carbonyl (C=O) groups is 2. The molecule has 2 aliphatic heterocycles. The first-order valence-corrected chi connectivity index (χ1v) is 10.4. The van der Waals surface area contributed by atoms with Gasteiger partial charge in [0.25, 0.3) is 0 Å². The van der Waals surface area contributed by atoms with E-state index in [1.54, 1.807) is 0 Å². The van der Waals surface area contributed by atoms with Gasteiger partial charge in [-0.15, -0.1) is 0 Å². The fraction of sp³-hybridized carbons (Fsp3) is 0.818. The van der Waals surface area contributed by atoms with Gasteiger partial charge in [-0.1, -0.05) is 26.0 Å². The predicted octanol–water partition coefficient (Wildman–Crippen LogP) is 3.60. The third-order valence-corrected chi connectivity index (χ3v) is 7.93. The van der Waals surface area contributed by atoms with Crippen molar-refractivity contribution in [3.63, 3.8) is 0 Å². The second kappa shape index (κ2) is 6.47. The molecular weight excluding hydrogens is 326 g/mol. The van der Waals surface area contributed by atoms with Crippen LogP contribution in [0.25, 0.3) is 0 Å². The molecule has 0 N–H and O–H groups in total. The summed E-state index contributed by atoms with van der Waals surface area (Å²) in [6.07, 6.45) is 6.32. The molecule has 0 bridgehead atoms. The highest BCUT2D eigenvalue weighted by Crippen LogP contribution is 2.57. The van der Waals surface area contributed by atoms with E-state index in [1.165, 1.54) is 18.4 Å². The predicted molar refractivity (Wildman–Crippen MR) is 101 cm³/mol. The van der Waals surface area contributed by atoms with E-state index in [0.29, 0.717) is 24.0 Å². The SMILES string of the molecule is C=C1CCC[C@]2(C)C[C@H]3OC(=O)[C@H](CN4C[C@H](C)C(=O)C[C@@H]4C)[C@H]3C[C@@H]12. The molecule has 0 radical (unpaired) electrons. The molecule has 0 aromatic rings. The number of Topliss-reactive ketones (excluding diaryl/α,β-unsaturated/α-hetero) is 1. The minimum Gasteiger partial charge on any atom is -0.462 e. The van der Waals surface area contributed by atoms with E-state index < -0.39 is 0 Å². The van der Waals surface area contributed by atoms with Crippen LogP contribution in [-0.4, -0.2) is 41.9 Å². The summed E-state index contributed by atoms with van der Waals surface area (Å²) >= 11 is 0. The molecule has 4 heteroatoms. The van der Waals surface area contributed by atoms with Gasteiger partial charge in [-0.3, -0.25) is 14.5 Å². The molecule has 0 aromatic heterocycles. The normalized spacial score (nSPS) is 46.7. The number of rotatable bonds is 2. The largest absolute Gasteiger partial charge is 0.462 e. The zero-order valence-corrected chi connectivity index (χ0v) is 16.5. The summed E-state index contributed by atoms with van der Waals surface area (Å²) in [6, 6.07) is 0.226. The summed E-state index contributed by atoms with van der Waals surface area (Å²) in [4.78, 5) is 27.1. The monoisotopic (exact) mass is 359 g/mol. The van der Waals surface area contributed by atoms with Gasteiger partial charge in [0.15, 0.2) is 0 Å². The maximum Gasteiger partial charge on any atom is 0.310 e. The van der Waals surface area contributed by atoms with Crippen LogP contribution in [0.15, 0.2) is 12.2 Å². The third kappa shape index (κ3) is 2.94. The minimum absolute atomic E-state index is 0.00962. The van der Waals surface area contributed by atoms with Crippen LogP contribution in [0.4, 0.5) is 0 Å². The van der Waals surface area contributed by atoms with Gasteiger partial charge in [-0.25, -0.2) is 0 Å². The van der Waals surface area contributed by atoms with Crippen LogP contribution in [0.3, 0.4) is 0 Å². The maximum atomic E-state index is 12.7. The fourth-order valence-corrected chi connectivity index (χ4v) is 6.23. The summed E-state index contributed by atoms with van der Waals surface area (Å²) in [6.45, 7) is 12.4. The Hall–Kier alpha value is -1.16. The number of likely N-dealkylation sites (tertiary alicyclic amines) is 1. The molecule has 0 spiro atoms. The molecule has 144 valence electrons. The van der Waals surface area contributed by atoms with Gasteiger partial charge in [0.1, 0.15) is 11.9 Å². The molecule has 0 unspecified atom stereocenters. The Bertz CT molecular complexity index is 629. The maximum absolute atomic E-state index is 12.7. The molecule has 0 amide bonds. The van der Waals surface area contributed by atoms with Gasteiger partial charge >= 0.3 is 5.97 Å². The molecule has 7 atom stereocenters. The first kappa shape index (κ1) is 18.2. The van der Waals surface area contributed by atoms with E-state index in [1.807, 2.05) is 6.92 Å². The number of ether oxygens (including phenoxy) is 1. The summed E-state index contributed by atoms with van der Waals surface area (Å²) < 4.78 is 5.89. The highest BCUT2D eigenvalue weighted by Gasteiger charge is 2.55. The second-order valence-corrected chi connectivity index (χ2v) is 9.78. The molecule has 4 nitrogen and oxygen atoms in total. The molecule has 2 aliphatic carbocycles. The first-order chi connectivity index (χ1) is 12.3. The van der Waals surface area contributed by atoms with Crippen LogP contribution in [0.5, 0.6) is 0 Å². The van der Waals surface area contributed by atoms with Crippen molar-refractivity contribution in [2.24, 2.45) is 29.1 Å². The van der Waals surface area contributed by atoms with Gasteiger partial charge in [0, 0.05) is 37.4 Å². The smallest absolute Gasteiger partial charge is 0.310 e. The van der Waals surface area contributed by atoms with Crippen LogP contribution in [0.1, 0.15) is 59.3 Å². The van der Waals surface area contributed by atoms with Gasteiger partial charge in [-0.05, 0) is 50.4 Å². The van der Waals surface area contributed by atoms with Gasteiger partial charge in [0.05, 0.1) is 5.92 Å². The molecule has 2 saturated heterocycles. The fourth-order valence-electron chi connectivity index (χ4n) is 6.23. The van der Waals surface area contributed by atoms with E-state index in [9.17, 15) is 9.59 Å². The van der Waals surface area contributed by atoms with Crippen molar-refractivity contribution in [3.8, 4) is 0 Å². The number of hydrogen-bond acceptors (Lipinski definition) is 4. The lowest BCUT2D eigenvalue weighted by Crippen LogP contribution is -2.50. The third-order valence-electron chi connectivity index (χ3n) is 7.93. The van der Waals surface area contributed by atoms with Crippen LogP contribution >= 0.6 is 0 Å². The molecule has 4 fully saturated rings. The van der Waals surface area contributed by atoms with Crippen LogP contribution in [0.2, 0.25) is 0 Å². The molecule has 0 aromatic carbocycles. The Kier molecular flexibility index (Phi) is 4.53. The lowest BCUT2D eigenvalue weighted by Gasteiger charge is -2.50. The molecule has 26 heavy (non-hydrogen) atoms. The molecule has 4 aliphatic rings. The van der Waals surface area contributed by atoms with Gasteiger partial charge < -0.3 is 4.74 Å². The van der Waals surface area contributed by atoms with Crippen LogP contribution < -0.4 is 0 Å². The van der Waals surface area contributed by atoms with Gasteiger partial charge in [-0.2, -0.15) is 0 Å². The molecule has 2 saturated carbocycles. The van der Waals surface area contributed by atoms with Crippen molar-refractivity contribution in [2.45, 2.75) is 71.4 Å². The van der Waals surface area contributed by atoms with Crippen LogP contribution in [0, 0.1) is 29.1 Å². The minimum atomic E-state index is -0.0397. The lowest BCUT2D eigenvalue weighted by atomic mass is 9.55. The Balaban J connectivity index is 1.51. The quantitative estimate of drug-likeness (QED) is 0.558. The molecular formula is C22H33NO3. The first-order valence-electron chi connectivity index (χ1n) is 10.4. The second-order valence-electron chi connectivity index (χ2n) is 9.78. The average molecular weight is 360 g/mol. The average Bonchev–Trinajstić information content (AvgIpc) is 2.85. The van der Waals surface area contributed by atoms with Gasteiger partial charge in [0.2, 0.25) is 0 Å². The number of carbonyl (C=O) groups excluding carboxylic acids is 2. The van der Waals surface area contributed by atoms with Crippen molar-refractivity contribution in [2.75, 3.05) is 13.1 Å². The number of nitrogens with zero attached hydrogens (tertiary/aromatic N) is 1.